The largest absolute Gasteiger partial charge is 1.00 e. The maximum atomic E-state index is 11.6. The summed E-state index contributed by atoms with van der Waals surface area (Å²) >= 11 is 0. The summed E-state index contributed by atoms with van der Waals surface area (Å²) in [6.07, 6.45) is 11.3. The average molecular weight is 338 g/mol. The van der Waals surface area contributed by atoms with Gasteiger partial charge in [-0.15, -0.1) is 0 Å². The molecule has 0 unspecified atom stereocenters. The van der Waals surface area contributed by atoms with Gasteiger partial charge in [0.2, 0.25) is 5.25 Å². The molecule has 21 heavy (non-hydrogen) atoms. The van der Waals surface area contributed by atoms with Crippen LogP contribution >= 0.6 is 0 Å². The van der Waals surface area contributed by atoms with Gasteiger partial charge in [-0.2, -0.15) is 10.5 Å². The van der Waals surface area contributed by atoms with E-state index >= 15 is 0 Å². The minimum atomic E-state index is -3.55. The van der Waals surface area contributed by atoms with Crippen molar-refractivity contribution in [3.8, 4) is 12.1 Å². The molecule has 0 aliphatic rings. The van der Waals surface area contributed by atoms with Crippen molar-refractivity contribution in [3.05, 3.63) is 0 Å². The van der Waals surface area contributed by atoms with Crippen LogP contribution in [0.1, 0.15) is 71.1 Å². The van der Waals surface area contributed by atoms with Gasteiger partial charge in [-0.1, -0.05) is 64.7 Å². The average Bonchev–Trinajstić information content (AvgIpc) is 2.42. The molecular formula is C15H26KN2O2S+. The van der Waals surface area contributed by atoms with Gasteiger partial charge in [-0.25, -0.2) is 8.42 Å². The molecule has 0 aliphatic carbocycles. The van der Waals surface area contributed by atoms with Crippen molar-refractivity contribution in [2.75, 3.05) is 5.75 Å². The predicted molar refractivity (Wildman–Crippen MR) is 80.6 cm³/mol. The van der Waals surface area contributed by atoms with E-state index in [-0.39, 0.29) is 57.1 Å². The van der Waals surface area contributed by atoms with Crippen LogP contribution in [0.4, 0.5) is 0 Å². The third-order valence-corrected chi connectivity index (χ3v) is 5.16. The van der Waals surface area contributed by atoms with E-state index < -0.39 is 15.1 Å². The van der Waals surface area contributed by atoms with Crippen molar-refractivity contribution in [1.82, 2.24) is 0 Å². The molecule has 0 aromatic carbocycles. The fourth-order valence-corrected chi connectivity index (χ4v) is 3.26. The van der Waals surface area contributed by atoms with Gasteiger partial charge in [0.1, 0.15) is 0 Å². The molecule has 0 heterocycles. The Balaban J connectivity index is 0. The van der Waals surface area contributed by atoms with Gasteiger partial charge in [0, 0.05) is 0 Å². The molecule has 0 radical (unpaired) electrons. The molecule has 0 amide bonds. The Morgan fingerprint density at radius 2 is 1.19 bits per heavy atom. The Hall–Kier alpha value is 0.566. The molecule has 0 fully saturated rings. The second kappa shape index (κ2) is 15.5. The normalized spacial score (nSPS) is 10.7. The second-order valence-corrected chi connectivity index (χ2v) is 7.39. The smallest absolute Gasteiger partial charge is 0.226 e. The summed E-state index contributed by atoms with van der Waals surface area (Å²) in [5.74, 6) is -0.0463. The Morgan fingerprint density at radius 3 is 1.57 bits per heavy atom. The van der Waals surface area contributed by atoms with Crippen molar-refractivity contribution >= 4 is 9.84 Å². The van der Waals surface area contributed by atoms with Gasteiger partial charge >= 0.3 is 51.4 Å². The van der Waals surface area contributed by atoms with Crippen LogP contribution in [0.15, 0.2) is 0 Å². The standard InChI is InChI=1S/C15H26N2O2S.K/c1-2-3-4-5-6-7-8-9-10-11-12-20(18,19)15(13-16)14-17;/h15H,2-12H2,1H3;/q;+1. The molecule has 0 rings (SSSR count). The minimum Gasteiger partial charge on any atom is -0.226 e. The van der Waals surface area contributed by atoms with E-state index in [4.69, 9.17) is 10.5 Å². The summed E-state index contributed by atoms with van der Waals surface area (Å²) in [7, 11) is -3.55. The zero-order valence-corrected chi connectivity index (χ0v) is 17.4. The number of unbranched alkanes of at least 4 members (excludes halogenated alkanes) is 9. The molecule has 0 N–H and O–H groups in total. The number of nitrogens with zero attached hydrogens (tertiary/aromatic N) is 2. The Kier molecular flexibility index (Phi) is 17.5. The first-order valence-electron chi connectivity index (χ1n) is 7.59. The van der Waals surface area contributed by atoms with E-state index in [2.05, 4.69) is 6.92 Å². The van der Waals surface area contributed by atoms with E-state index in [0.717, 1.165) is 19.3 Å². The monoisotopic (exact) mass is 337 g/mol. The summed E-state index contributed by atoms with van der Waals surface area (Å²) in [4.78, 5) is 0. The molecule has 6 heteroatoms. The van der Waals surface area contributed by atoms with E-state index in [9.17, 15) is 8.42 Å². The van der Waals surface area contributed by atoms with Crippen LogP contribution in [0.3, 0.4) is 0 Å². The van der Waals surface area contributed by atoms with Crippen molar-refractivity contribution < 1.29 is 59.8 Å². The van der Waals surface area contributed by atoms with E-state index in [1.807, 2.05) is 0 Å². The van der Waals surface area contributed by atoms with E-state index in [0.29, 0.717) is 6.42 Å². The number of hydrogen-bond acceptors (Lipinski definition) is 4. The van der Waals surface area contributed by atoms with Crippen LogP contribution < -0.4 is 51.4 Å². The van der Waals surface area contributed by atoms with Gasteiger partial charge < -0.3 is 0 Å². The minimum absolute atomic E-state index is 0. The number of sulfone groups is 1. The van der Waals surface area contributed by atoms with Crippen LogP contribution in [-0.2, 0) is 9.84 Å². The molecular weight excluding hydrogens is 311 g/mol. The van der Waals surface area contributed by atoms with Crippen LogP contribution in [0.25, 0.3) is 0 Å². The first kappa shape index (κ1) is 23.8. The molecule has 0 bridgehead atoms. The van der Waals surface area contributed by atoms with Crippen LogP contribution in [0, 0.1) is 22.7 Å². The molecule has 114 valence electrons. The number of hydrogen-bond donors (Lipinski definition) is 0. The number of rotatable bonds is 12. The molecule has 0 aliphatic heterocycles. The van der Waals surface area contributed by atoms with Crippen molar-refractivity contribution in [1.29, 1.82) is 10.5 Å². The Morgan fingerprint density at radius 1 is 0.810 bits per heavy atom. The van der Waals surface area contributed by atoms with E-state index in [1.54, 1.807) is 0 Å². The van der Waals surface area contributed by atoms with E-state index in [1.165, 1.54) is 50.7 Å². The topological polar surface area (TPSA) is 81.7 Å². The summed E-state index contributed by atoms with van der Waals surface area (Å²) in [5, 5.41) is 15.6. The second-order valence-electron chi connectivity index (χ2n) is 5.19. The Bertz CT molecular complexity index is 410. The molecule has 0 atom stereocenters. The van der Waals surface area contributed by atoms with Crippen LogP contribution in [0.2, 0.25) is 0 Å². The van der Waals surface area contributed by atoms with Gasteiger partial charge in [0.05, 0.1) is 17.9 Å². The first-order chi connectivity index (χ1) is 9.58. The molecule has 0 aromatic rings. The molecule has 0 saturated carbocycles. The molecule has 0 spiro atoms. The first-order valence-corrected chi connectivity index (χ1v) is 9.30. The van der Waals surface area contributed by atoms with Gasteiger partial charge in [0.25, 0.3) is 0 Å². The van der Waals surface area contributed by atoms with Crippen molar-refractivity contribution in [2.24, 2.45) is 0 Å². The molecule has 0 saturated heterocycles. The van der Waals surface area contributed by atoms with Gasteiger partial charge in [-0.05, 0) is 6.42 Å². The quantitative estimate of drug-likeness (QED) is 0.388. The number of nitriles is 2. The SMILES string of the molecule is CCCCCCCCCCCCS(=O)(=O)C(C#N)C#N.[K+]. The fraction of sp³-hybridized carbons (Fsp3) is 0.867. The zero-order valence-electron chi connectivity index (χ0n) is 13.5. The maximum Gasteiger partial charge on any atom is 1.00 e. The third-order valence-electron chi connectivity index (χ3n) is 3.38. The van der Waals surface area contributed by atoms with Crippen molar-refractivity contribution in [3.63, 3.8) is 0 Å². The molecule has 4 nitrogen and oxygen atoms in total. The maximum absolute atomic E-state index is 11.6. The summed E-state index contributed by atoms with van der Waals surface area (Å²) in [6.45, 7) is 2.21. The van der Waals surface area contributed by atoms with Gasteiger partial charge in [0.15, 0.2) is 9.84 Å². The zero-order chi connectivity index (χ0) is 15.3. The van der Waals surface area contributed by atoms with Crippen LogP contribution in [-0.4, -0.2) is 19.4 Å². The predicted octanol–water partition coefficient (Wildman–Crippen LogP) is 0.742. The van der Waals surface area contributed by atoms with Crippen LogP contribution in [0.5, 0.6) is 0 Å². The molecule has 0 aromatic heterocycles. The summed E-state index contributed by atoms with van der Waals surface area (Å²) in [6, 6.07) is 3.06. The van der Waals surface area contributed by atoms with Gasteiger partial charge in [-0.3, -0.25) is 0 Å². The third kappa shape index (κ3) is 12.8. The van der Waals surface area contributed by atoms with Crippen molar-refractivity contribution in [2.45, 2.75) is 76.4 Å². The summed E-state index contributed by atoms with van der Waals surface area (Å²) < 4.78 is 23.2. The summed E-state index contributed by atoms with van der Waals surface area (Å²) in [5.41, 5.74) is 0. The Labute approximate surface area is 172 Å². The fourth-order valence-electron chi connectivity index (χ4n) is 2.10.